The van der Waals surface area contributed by atoms with Gasteiger partial charge in [-0.2, -0.15) is 4.80 Å². The van der Waals surface area contributed by atoms with Gasteiger partial charge < -0.3 is 4.74 Å². The summed E-state index contributed by atoms with van der Waals surface area (Å²) in [6, 6.07) is 16.9. The average molecular weight is 380 g/mol. The number of hydrogen-bond acceptors (Lipinski definition) is 6. The minimum absolute atomic E-state index is 0.105. The maximum absolute atomic E-state index is 11.9. The molecule has 28 heavy (non-hydrogen) atoms. The Kier molecular flexibility index (Phi) is 6.29. The molecule has 2 aromatic carbocycles. The molecule has 0 spiro atoms. The van der Waals surface area contributed by atoms with Gasteiger partial charge >= 0.3 is 0 Å². The van der Waals surface area contributed by atoms with E-state index in [-0.39, 0.29) is 25.5 Å². The molecule has 144 valence electrons. The Bertz CT molecular complexity index is 942. The zero-order valence-corrected chi connectivity index (χ0v) is 15.3. The number of hydrogen-bond donors (Lipinski definition) is 2. The van der Waals surface area contributed by atoms with E-state index in [4.69, 9.17) is 4.74 Å². The standard InChI is InChI=1S/C19H20N6O3/c1-14-6-5-9-16(12-14)28-11-10-17(26)20-21-18(27)13-25-23-19(22-24-25)15-7-3-2-4-8-15/h2-9,12H,10-11,13H2,1H3,(H,20,26)(H,21,27). The fraction of sp³-hybridized carbons (Fsp3) is 0.211. The molecule has 0 bridgehead atoms. The van der Waals surface area contributed by atoms with Gasteiger partial charge in [0, 0.05) is 5.56 Å². The van der Waals surface area contributed by atoms with E-state index in [2.05, 4.69) is 26.3 Å². The first kappa shape index (κ1) is 19.0. The normalized spacial score (nSPS) is 10.3. The van der Waals surface area contributed by atoms with Crippen LogP contribution >= 0.6 is 0 Å². The predicted molar refractivity (Wildman–Crippen MR) is 101 cm³/mol. The summed E-state index contributed by atoms with van der Waals surface area (Å²) < 4.78 is 5.50. The Balaban J connectivity index is 1.38. The van der Waals surface area contributed by atoms with Gasteiger partial charge in [0.2, 0.25) is 11.7 Å². The summed E-state index contributed by atoms with van der Waals surface area (Å²) in [5.74, 6) is 0.288. The first-order valence-electron chi connectivity index (χ1n) is 8.70. The van der Waals surface area contributed by atoms with Crippen molar-refractivity contribution in [1.29, 1.82) is 0 Å². The highest BCUT2D eigenvalue weighted by molar-refractivity contribution is 5.81. The number of aryl methyl sites for hydroxylation is 1. The molecule has 9 heteroatoms. The molecule has 0 atom stereocenters. The number of amides is 2. The number of tetrazole rings is 1. The minimum atomic E-state index is -0.468. The Morgan fingerprint density at radius 2 is 1.82 bits per heavy atom. The average Bonchev–Trinajstić information content (AvgIpc) is 3.16. The van der Waals surface area contributed by atoms with Gasteiger partial charge in [-0.1, -0.05) is 42.5 Å². The molecule has 3 aromatic rings. The lowest BCUT2D eigenvalue weighted by Gasteiger charge is -2.08. The van der Waals surface area contributed by atoms with Crippen molar-refractivity contribution in [3.63, 3.8) is 0 Å². The Morgan fingerprint density at radius 1 is 1.04 bits per heavy atom. The van der Waals surface area contributed by atoms with E-state index in [1.165, 1.54) is 0 Å². The van der Waals surface area contributed by atoms with Crippen molar-refractivity contribution in [2.75, 3.05) is 6.61 Å². The zero-order chi connectivity index (χ0) is 19.8. The maximum Gasteiger partial charge on any atom is 0.262 e. The van der Waals surface area contributed by atoms with Crippen molar-refractivity contribution in [3.05, 3.63) is 60.2 Å². The van der Waals surface area contributed by atoms with Crippen LogP contribution in [0.2, 0.25) is 0 Å². The smallest absolute Gasteiger partial charge is 0.262 e. The van der Waals surface area contributed by atoms with Crippen LogP contribution in [0, 0.1) is 6.92 Å². The number of hydrazine groups is 1. The second-order valence-corrected chi connectivity index (χ2v) is 6.02. The predicted octanol–water partition coefficient (Wildman–Crippen LogP) is 1.27. The monoisotopic (exact) mass is 380 g/mol. The number of benzene rings is 2. The molecule has 2 amide bonds. The summed E-state index contributed by atoms with van der Waals surface area (Å²) in [6.45, 7) is 2.00. The van der Waals surface area contributed by atoms with E-state index >= 15 is 0 Å². The highest BCUT2D eigenvalue weighted by atomic mass is 16.5. The number of ether oxygens (including phenoxy) is 1. The Hall–Kier alpha value is -3.75. The van der Waals surface area contributed by atoms with Gasteiger partial charge in [0.15, 0.2) is 0 Å². The quantitative estimate of drug-likeness (QED) is 0.597. The van der Waals surface area contributed by atoms with Crippen LogP contribution in [-0.2, 0) is 16.1 Å². The third-order valence-electron chi connectivity index (χ3n) is 3.70. The SMILES string of the molecule is Cc1cccc(OCCC(=O)NNC(=O)Cn2nnc(-c3ccccc3)n2)c1. The van der Waals surface area contributed by atoms with Crippen molar-refractivity contribution in [3.8, 4) is 17.1 Å². The number of nitrogens with zero attached hydrogens (tertiary/aromatic N) is 4. The lowest BCUT2D eigenvalue weighted by molar-refractivity contribution is -0.129. The number of nitrogens with one attached hydrogen (secondary N) is 2. The number of aromatic nitrogens is 4. The molecule has 1 heterocycles. The fourth-order valence-electron chi connectivity index (χ4n) is 2.35. The molecule has 0 unspecified atom stereocenters. The number of carbonyl (C=O) groups is 2. The van der Waals surface area contributed by atoms with Crippen molar-refractivity contribution in [2.24, 2.45) is 0 Å². The summed E-state index contributed by atoms with van der Waals surface area (Å²) in [5, 5.41) is 11.9. The van der Waals surface area contributed by atoms with Gasteiger partial charge in [-0.05, 0) is 29.8 Å². The van der Waals surface area contributed by atoms with Gasteiger partial charge in [-0.25, -0.2) is 0 Å². The Morgan fingerprint density at radius 3 is 2.61 bits per heavy atom. The molecule has 2 N–H and O–H groups in total. The summed E-state index contributed by atoms with van der Waals surface area (Å²) in [7, 11) is 0. The van der Waals surface area contributed by atoms with Gasteiger partial charge in [-0.3, -0.25) is 20.4 Å². The number of carbonyl (C=O) groups excluding carboxylic acids is 2. The topological polar surface area (TPSA) is 111 Å². The van der Waals surface area contributed by atoms with Crippen molar-refractivity contribution < 1.29 is 14.3 Å². The molecular formula is C19H20N6O3. The van der Waals surface area contributed by atoms with Crippen LogP contribution < -0.4 is 15.6 Å². The van der Waals surface area contributed by atoms with E-state index in [0.29, 0.717) is 11.6 Å². The molecular weight excluding hydrogens is 360 g/mol. The van der Waals surface area contributed by atoms with Crippen LogP contribution in [0.4, 0.5) is 0 Å². The van der Waals surface area contributed by atoms with E-state index in [1.807, 2.05) is 61.5 Å². The summed E-state index contributed by atoms with van der Waals surface area (Å²) >= 11 is 0. The van der Waals surface area contributed by atoms with Crippen LogP contribution in [0.25, 0.3) is 11.4 Å². The molecule has 3 rings (SSSR count). The summed E-state index contributed by atoms with van der Waals surface area (Å²) in [6.07, 6.45) is 0.105. The van der Waals surface area contributed by atoms with E-state index < -0.39 is 5.91 Å². The minimum Gasteiger partial charge on any atom is -0.493 e. The molecule has 0 radical (unpaired) electrons. The van der Waals surface area contributed by atoms with Crippen molar-refractivity contribution in [2.45, 2.75) is 19.9 Å². The van der Waals surface area contributed by atoms with Crippen LogP contribution in [0.1, 0.15) is 12.0 Å². The first-order valence-corrected chi connectivity index (χ1v) is 8.70. The Labute approximate surface area is 161 Å². The van der Waals surface area contributed by atoms with Gasteiger partial charge in [-0.15, -0.1) is 10.2 Å². The van der Waals surface area contributed by atoms with E-state index in [0.717, 1.165) is 15.9 Å². The third-order valence-corrected chi connectivity index (χ3v) is 3.70. The highest BCUT2D eigenvalue weighted by Gasteiger charge is 2.10. The van der Waals surface area contributed by atoms with Crippen LogP contribution in [0.3, 0.4) is 0 Å². The summed E-state index contributed by atoms with van der Waals surface area (Å²) in [4.78, 5) is 24.9. The first-order chi connectivity index (χ1) is 13.6. The third kappa shape index (κ3) is 5.63. The van der Waals surface area contributed by atoms with E-state index in [1.54, 1.807) is 0 Å². The molecule has 0 aliphatic carbocycles. The van der Waals surface area contributed by atoms with Crippen molar-refractivity contribution >= 4 is 11.8 Å². The second kappa shape index (κ2) is 9.26. The van der Waals surface area contributed by atoms with Crippen LogP contribution in [-0.4, -0.2) is 38.6 Å². The summed E-state index contributed by atoms with van der Waals surface area (Å²) in [5.41, 5.74) is 6.52. The molecule has 9 nitrogen and oxygen atoms in total. The highest BCUT2D eigenvalue weighted by Crippen LogP contribution is 2.12. The van der Waals surface area contributed by atoms with Crippen LogP contribution in [0.15, 0.2) is 54.6 Å². The molecule has 0 fully saturated rings. The second-order valence-electron chi connectivity index (χ2n) is 6.02. The zero-order valence-electron chi connectivity index (χ0n) is 15.3. The molecule has 0 aliphatic rings. The van der Waals surface area contributed by atoms with Crippen LogP contribution in [0.5, 0.6) is 5.75 Å². The molecule has 0 saturated heterocycles. The lowest BCUT2D eigenvalue weighted by Crippen LogP contribution is -2.43. The largest absolute Gasteiger partial charge is 0.493 e. The number of rotatable bonds is 7. The maximum atomic E-state index is 11.9. The molecule has 0 saturated carbocycles. The van der Waals surface area contributed by atoms with Gasteiger partial charge in [0.25, 0.3) is 5.91 Å². The fourth-order valence-corrected chi connectivity index (χ4v) is 2.35. The van der Waals surface area contributed by atoms with Gasteiger partial charge in [0.1, 0.15) is 12.3 Å². The molecule has 1 aromatic heterocycles. The lowest BCUT2D eigenvalue weighted by atomic mass is 10.2. The van der Waals surface area contributed by atoms with Crippen molar-refractivity contribution in [1.82, 2.24) is 31.1 Å². The van der Waals surface area contributed by atoms with Gasteiger partial charge in [0.05, 0.1) is 13.0 Å². The van der Waals surface area contributed by atoms with E-state index in [9.17, 15) is 9.59 Å². The molecule has 0 aliphatic heterocycles.